The molecule has 1 amide bonds. The molecule has 0 saturated carbocycles. The first-order chi connectivity index (χ1) is 15.4. The minimum Gasteiger partial charge on any atom is -0.494 e. The number of para-hydroxylation sites is 1. The van der Waals surface area contributed by atoms with Gasteiger partial charge in [-0.15, -0.1) is 0 Å². The third kappa shape index (κ3) is 4.85. The molecule has 0 aliphatic rings. The van der Waals surface area contributed by atoms with Crippen molar-refractivity contribution in [3.05, 3.63) is 77.3 Å². The molecule has 0 radical (unpaired) electrons. The zero-order valence-electron chi connectivity index (χ0n) is 16.8. The molecule has 32 heavy (non-hydrogen) atoms. The Morgan fingerprint density at radius 2 is 1.84 bits per heavy atom. The van der Waals surface area contributed by atoms with Crippen molar-refractivity contribution in [3.63, 3.8) is 0 Å². The number of anilines is 2. The van der Waals surface area contributed by atoms with Crippen molar-refractivity contribution in [1.82, 2.24) is 4.98 Å². The number of ether oxygens (including phenoxy) is 1. The van der Waals surface area contributed by atoms with Crippen LogP contribution in [0.2, 0.25) is 5.02 Å². The smallest absolute Gasteiger partial charge is 0.261 e. The van der Waals surface area contributed by atoms with Gasteiger partial charge in [0.15, 0.2) is 5.13 Å². The minimum absolute atomic E-state index is 0.0282. The number of carbonyl (C=O) groups excluding carboxylic acids is 1. The molecule has 0 spiro atoms. The van der Waals surface area contributed by atoms with Gasteiger partial charge in [-0.3, -0.25) is 14.8 Å². The first kappa shape index (κ1) is 22.1. The van der Waals surface area contributed by atoms with Crippen LogP contribution in [0, 0.1) is 0 Å². The molecule has 10 heteroatoms. The topological polar surface area (TPSA) is 97.4 Å². The van der Waals surface area contributed by atoms with Crippen LogP contribution in [0.15, 0.2) is 71.6 Å². The second-order valence-electron chi connectivity index (χ2n) is 6.65. The van der Waals surface area contributed by atoms with E-state index >= 15 is 0 Å². The fourth-order valence-corrected chi connectivity index (χ4v) is 5.08. The Morgan fingerprint density at radius 1 is 1.09 bits per heavy atom. The van der Waals surface area contributed by atoms with Crippen LogP contribution >= 0.6 is 22.9 Å². The summed E-state index contributed by atoms with van der Waals surface area (Å²) in [6.07, 6.45) is 0. The van der Waals surface area contributed by atoms with Crippen LogP contribution in [-0.2, 0) is 10.0 Å². The zero-order valence-corrected chi connectivity index (χ0v) is 19.2. The lowest BCUT2D eigenvalue weighted by Crippen LogP contribution is -2.16. The van der Waals surface area contributed by atoms with E-state index in [1.807, 2.05) is 31.2 Å². The molecule has 0 aliphatic heterocycles. The summed E-state index contributed by atoms with van der Waals surface area (Å²) in [6, 6.07) is 18.0. The van der Waals surface area contributed by atoms with E-state index in [1.54, 1.807) is 24.3 Å². The molecule has 1 aromatic heterocycles. The van der Waals surface area contributed by atoms with Gasteiger partial charge in [0.05, 0.1) is 32.3 Å². The number of benzene rings is 3. The number of amides is 1. The molecule has 0 bridgehead atoms. The molecule has 0 unspecified atom stereocenters. The number of carbonyl (C=O) groups is 1. The normalized spacial score (nSPS) is 11.3. The monoisotopic (exact) mass is 487 g/mol. The first-order valence-electron chi connectivity index (χ1n) is 9.58. The highest BCUT2D eigenvalue weighted by molar-refractivity contribution is 7.92. The van der Waals surface area contributed by atoms with E-state index < -0.39 is 15.9 Å². The number of hydrogen-bond acceptors (Lipinski definition) is 6. The van der Waals surface area contributed by atoms with E-state index in [1.165, 1.54) is 29.5 Å². The van der Waals surface area contributed by atoms with Gasteiger partial charge in [0.1, 0.15) is 5.75 Å². The summed E-state index contributed by atoms with van der Waals surface area (Å²) >= 11 is 7.50. The summed E-state index contributed by atoms with van der Waals surface area (Å²) < 4.78 is 34.5. The van der Waals surface area contributed by atoms with Crippen molar-refractivity contribution in [2.45, 2.75) is 11.8 Å². The number of sulfonamides is 1. The lowest BCUT2D eigenvalue weighted by molar-refractivity contribution is 0.102. The average molecular weight is 488 g/mol. The molecular weight excluding hydrogens is 470 g/mol. The van der Waals surface area contributed by atoms with Crippen LogP contribution in [0.1, 0.15) is 17.3 Å². The molecule has 4 aromatic rings. The third-order valence-corrected chi connectivity index (χ3v) is 7.09. The molecule has 3 aromatic carbocycles. The molecule has 0 atom stereocenters. The molecule has 1 heterocycles. The van der Waals surface area contributed by atoms with Crippen molar-refractivity contribution in [1.29, 1.82) is 0 Å². The molecular formula is C22H18ClN3O4S2. The molecule has 4 rings (SSSR count). The number of rotatable bonds is 7. The van der Waals surface area contributed by atoms with Crippen molar-refractivity contribution in [2.24, 2.45) is 0 Å². The van der Waals surface area contributed by atoms with Crippen molar-refractivity contribution in [3.8, 4) is 5.75 Å². The van der Waals surface area contributed by atoms with Crippen molar-refractivity contribution >= 4 is 59.9 Å². The van der Waals surface area contributed by atoms with E-state index in [-0.39, 0.29) is 15.5 Å². The Kier molecular flexibility index (Phi) is 6.31. The van der Waals surface area contributed by atoms with Gasteiger partial charge in [-0.05, 0) is 61.5 Å². The lowest BCUT2D eigenvalue weighted by Gasteiger charge is -2.11. The maximum absolute atomic E-state index is 12.8. The number of nitrogens with one attached hydrogen (secondary N) is 2. The summed E-state index contributed by atoms with van der Waals surface area (Å²) in [5, 5.41) is 3.21. The highest BCUT2D eigenvalue weighted by atomic mass is 35.5. The standard InChI is InChI=1S/C22H18ClN3O4S2/c1-2-30-15-9-7-14(8-10-15)26-32(28,29)16-11-12-18(23)17(13-16)21(27)25-22-24-19-5-3-4-6-20(19)31-22/h3-13,26H,2H2,1H3,(H,24,25,27). The Hall–Kier alpha value is -3.14. The van der Waals surface area contributed by atoms with Gasteiger partial charge in [0, 0.05) is 5.69 Å². The molecule has 7 nitrogen and oxygen atoms in total. The Balaban J connectivity index is 1.56. The number of fused-ring (bicyclic) bond motifs is 1. The third-order valence-electron chi connectivity index (χ3n) is 4.42. The minimum atomic E-state index is -3.95. The van der Waals surface area contributed by atoms with Crippen LogP contribution < -0.4 is 14.8 Å². The average Bonchev–Trinajstić information content (AvgIpc) is 3.17. The van der Waals surface area contributed by atoms with Gasteiger partial charge >= 0.3 is 0 Å². The van der Waals surface area contributed by atoms with Gasteiger partial charge in [0.2, 0.25) is 0 Å². The van der Waals surface area contributed by atoms with E-state index in [0.717, 1.165) is 10.2 Å². The second-order valence-corrected chi connectivity index (χ2v) is 9.77. The highest BCUT2D eigenvalue weighted by Gasteiger charge is 2.20. The van der Waals surface area contributed by atoms with E-state index in [4.69, 9.17) is 16.3 Å². The summed E-state index contributed by atoms with van der Waals surface area (Å²) in [6.45, 7) is 2.37. The van der Waals surface area contributed by atoms with Crippen LogP contribution in [0.5, 0.6) is 5.75 Å². The lowest BCUT2D eigenvalue weighted by atomic mass is 10.2. The largest absolute Gasteiger partial charge is 0.494 e. The molecule has 2 N–H and O–H groups in total. The number of halogens is 1. The van der Waals surface area contributed by atoms with Crippen LogP contribution in [0.25, 0.3) is 10.2 Å². The Bertz CT molecular complexity index is 1350. The summed E-state index contributed by atoms with van der Waals surface area (Å²) in [5.41, 5.74) is 1.15. The predicted molar refractivity (Wildman–Crippen MR) is 127 cm³/mol. The van der Waals surface area contributed by atoms with Crippen LogP contribution in [0.4, 0.5) is 10.8 Å². The second kappa shape index (κ2) is 9.15. The fourth-order valence-electron chi connectivity index (χ4n) is 2.94. The van der Waals surface area contributed by atoms with Gasteiger partial charge < -0.3 is 4.74 Å². The molecule has 0 saturated heterocycles. The van der Waals surface area contributed by atoms with Gasteiger partial charge in [-0.25, -0.2) is 13.4 Å². The first-order valence-corrected chi connectivity index (χ1v) is 12.3. The molecule has 0 aliphatic carbocycles. The van der Waals surface area contributed by atoms with E-state index in [2.05, 4.69) is 15.0 Å². The van der Waals surface area contributed by atoms with Gasteiger partial charge in [-0.1, -0.05) is 35.1 Å². The van der Waals surface area contributed by atoms with Crippen molar-refractivity contribution < 1.29 is 17.9 Å². The van der Waals surface area contributed by atoms with Gasteiger partial charge in [-0.2, -0.15) is 0 Å². The quantitative estimate of drug-likeness (QED) is 0.363. The zero-order chi connectivity index (χ0) is 22.7. The van der Waals surface area contributed by atoms with Crippen molar-refractivity contribution in [2.75, 3.05) is 16.6 Å². The van der Waals surface area contributed by atoms with E-state index in [0.29, 0.717) is 23.2 Å². The van der Waals surface area contributed by atoms with E-state index in [9.17, 15) is 13.2 Å². The number of nitrogens with zero attached hydrogens (tertiary/aromatic N) is 1. The summed E-state index contributed by atoms with van der Waals surface area (Å²) in [5.74, 6) is 0.0860. The van der Waals surface area contributed by atoms with Crippen LogP contribution in [0.3, 0.4) is 0 Å². The number of thiazole rings is 1. The molecule has 164 valence electrons. The Morgan fingerprint density at radius 3 is 2.56 bits per heavy atom. The number of aromatic nitrogens is 1. The molecule has 0 fully saturated rings. The summed E-state index contributed by atoms with van der Waals surface area (Å²) in [7, 11) is -3.95. The number of hydrogen-bond donors (Lipinski definition) is 2. The maximum Gasteiger partial charge on any atom is 0.261 e. The van der Waals surface area contributed by atoms with Crippen LogP contribution in [-0.4, -0.2) is 25.9 Å². The predicted octanol–water partition coefficient (Wildman–Crippen LogP) is 5.40. The summed E-state index contributed by atoms with van der Waals surface area (Å²) in [4.78, 5) is 17.1. The highest BCUT2D eigenvalue weighted by Crippen LogP contribution is 2.28. The van der Waals surface area contributed by atoms with Gasteiger partial charge in [0.25, 0.3) is 15.9 Å². The SMILES string of the molecule is CCOc1ccc(NS(=O)(=O)c2ccc(Cl)c(C(=O)Nc3nc4ccccc4s3)c2)cc1. The maximum atomic E-state index is 12.8. The fraction of sp³-hybridized carbons (Fsp3) is 0.0909. The Labute approximate surface area is 194 Å².